The Morgan fingerprint density at radius 1 is 0.857 bits per heavy atom. The van der Waals surface area contributed by atoms with Crippen molar-refractivity contribution in [3.8, 4) is 16.9 Å². The molecule has 4 aromatic rings. The van der Waals surface area contributed by atoms with E-state index in [0.29, 0.717) is 12.0 Å². The second-order valence-corrected chi connectivity index (χ2v) is 8.98. The zero-order valence-electron chi connectivity index (χ0n) is 21.0. The molecule has 0 saturated heterocycles. The highest BCUT2D eigenvalue weighted by molar-refractivity contribution is 6.01. The summed E-state index contributed by atoms with van der Waals surface area (Å²) >= 11 is 0. The lowest BCUT2D eigenvalue weighted by atomic mass is 9.97. The average Bonchev–Trinajstić information content (AvgIpc) is 3.31. The Morgan fingerprint density at radius 2 is 1.46 bits per heavy atom. The van der Waals surface area contributed by atoms with E-state index in [-0.39, 0.29) is 11.9 Å². The first kappa shape index (κ1) is 24.5. The number of unbranched alkanes of at least 4 members (excludes halogenated alkanes) is 2. The molecule has 0 radical (unpaired) electrons. The molecule has 0 aliphatic carbocycles. The molecule has 0 fully saturated rings. The highest BCUT2D eigenvalue weighted by Gasteiger charge is 2.30. The maximum Gasteiger partial charge on any atom is 0.258 e. The van der Waals surface area contributed by atoms with Gasteiger partial charge in [-0.25, -0.2) is 4.68 Å². The molecule has 4 rings (SSSR count). The maximum atomic E-state index is 14.3. The van der Waals surface area contributed by atoms with E-state index in [4.69, 9.17) is 5.10 Å². The van der Waals surface area contributed by atoms with Crippen molar-refractivity contribution in [3.63, 3.8) is 0 Å². The van der Waals surface area contributed by atoms with E-state index in [1.54, 1.807) is 0 Å². The molecule has 4 heteroatoms. The quantitative estimate of drug-likeness (QED) is 0.227. The summed E-state index contributed by atoms with van der Waals surface area (Å²) in [7, 11) is 1.94. The lowest BCUT2D eigenvalue weighted by Gasteiger charge is -2.29. The van der Waals surface area contributed by atoms with Gasteiger partial charge in [-0.1, -0.05) is 112 Å². The maximum absolute atomic E-state index is 14.3. The number of amides is 1. The van der Waals surface area contributed by atoms with Crippen LogP contribution in [0.1, 0.15) is 67.2 Å². The van der Waals surface area contributed by atoms with Crippen LogP contribution in [0.2, 0.25) is 0 Å². The molecule has 1 aromatic heterocycles. The lowest BCUT2D eigenvalue weighted by molar-refractivity contribution is 0.0719. The molecule has 0 spiro atoms. The number of aromatic nitrogens is 2. The molecule has 0 saturated carbocycles. The minimum absolute atomic E-state index is 0.0173. The van der Waals surface area contributed by atoms with E-state index in [2.05, 4.69) is 38.1 Å². The predicted molar refractivity (Wildman–Crippen MR) is 144 cm³/mol. The highest BCUT2D eigenvalue weighted by Crippen LogP contribution is 2.33. The summed E-state index contributed by atoms with van der Waals surface area (Å²) in [5, 5.41) is 5.00. The zero-order chi connectivity index (χ0) is 24.6. The van der Waals surface area contributed by atoms with E-state index >= 15 is 0 Å². The molecule has 0 aliphatic heterocycles. The number of carbonyl (C=O) groups excluding carboxylic acids is 1. The molecule has 180 valence electrons. The van der Waals surface area contributed by atoms with Crippen LogP contribution >= 0.6 is 0 Å². The van der Waals surface area contributed by atoms with Crippen LogP contribution in [0.25, 0.3) is 16.9 Å². The first-order chi connectivity index (χ1) is 17.2. The van der Waals surface area contributed by atoms with Gasteiger partial charge in [-0.3, -0.25) is 4.79 Å². The van der Waals surface area contributed by atoms with Crippen molar-refractivity contribution >= 4 is 5.91 Å². The van der Waals surface area contributed by atoms with Crippen molar-refractivity contribution in [1.29, 1.82) is 0 Å². The van der Waals surface area contributed by atoms with Crippen molar-refractivity contribution in [2.45, 2.75) is 52.0 Å². The van der Waals surface area contributed by atoms with Gasteiger partial charge in [-0.15, -0.1) is 0 Å². The molecule has 1 heterocycles. The van der Waals surface area contributed by atoms with Crippen LogP contribution in [0.5, 0.6) is 0 Å². The smallest absolute Gasteiger partial charge is 0.258 e. The topological polar surface area (TPSA) is 38.1 Å². The molecule has 1 atom stereocenters. The van der Waals surface area contributed by atoms with Gasteiger partial charge in [0.1, 0.15) is 5.69 Å². The molecule has 35 heavy (non-hydrogen) atoms. The van der Waals surface area contributed by atoms with Crippen LogP contribution in [0.4, 0.5) is 0 Å². The minimum Gasteiger partial charge on any atom is -0.335 e. The van der Waals surface area contributed by atoms with E-state index in [9.17, 15) is 4.79 Å². The third-order valence-corrected chi connectivity index (χ3v) is 6.63. The summed E-state index contributed by atoms with van der Waals surface area (Å²) in [6.45, 7) is 4.31. The number of benzene rings is 3. The SMILES string of the molecule is CCCCCC(c1ccccc1)N(C)C(=O)c1c(-c2ccccc2)nn(-c2ccccc2)c1CC. The zero-order valence-corrected chi connectivity index (χ0v) is 21.0. The lowest BCUT2D eigenvalue weighted by Crippen LogP contribution is -2.32. The van der Waals surface area contributed by atoms with Gasteiger partial charge in [-0.05, 0) is 30.5 Å². The van der Waals surface area contributed by atoms with Crippen LogP contribution in [0, 0.1) is 0 Å². The van der Waals surface area contributed by atoms with Crippen molar-refractivity contribution in [3.05, 3.63) is 108 Å². The van der Waals surface area contributed by atoms with Crippen LogP contribution in [0.3, 0.4) is 0 Å². The molecule has 0 N–H and O–H groups in total. The Hall–Kier alpha value is -3.66. The number of para-hydroxylation sites is 1. The average molecular weight is 466 g/mol. The molecule has 1 amide bonds. The number of hydrogen-bond acceptors (Lipinski definition) is 2. The van der Waals surface area contributed by atoms with E-state index in [0.717, 1.165) is 48.3 Å². The first-order valence-electron chi connectivity index (χ1n) is 12.7. The van der Waals surface area contributed by atoms with Gasteiger partial charge in [0.2, 0.25) is 0 Å². The minimum atomic E-state index is 0.0173. The van der Waals surface area contributed by atoms with E-state index in [1.165, 1.54) is 5.56 Å². The molecule has 3 aromatic carbocycles. The third-order valence-electron chi connectivity index (χ3n) is 6.63. The van der Waals surface area contributed by atoms with Crippen molar-refractivity contribution in [2.24, 2.45) is 0 Å². The molecular formula is C31H35N3O. The molecular weight excluding hydrogens is 430 g/mol. The standard InChI is InChI=1S/C31H35N3O/c1-4-6-10-23-28(24-17-11-7-12-18-24)33(3)31(35)29-27(5-2)34(26-21-15-9-16-22-26)32-30(29)25-19-13-8-14-20-25/h7-9,11-22,28H,4-6,10,23H2,1-3H3. The normalized spacial score (nSPS) is 11.9. The fraction of sp³-hybridized carbons (Fsp3) is 0.290. The van der Waals surface area contributed by atoms with Crippen molar-refractivity contribution in [2.75, 3.05) is 7.05 Å². The molecule has 0 aliphatic rings. The Morgan fingerprint density at radius 3 is 2.06 bits per heavy atom. The van der Waals surface area contributed by atoms with Crippen LogP contribution < -0.4 is 0 Å². The summed E-state index contributed by atoms with van der Waals surface area (Å²) < 4.78 is 1.94. The Kier molecular flexibility index (Phi) is 8.15. The van der Waals surface area contributed by atoms with Crippen LogP contribution in [-0.2, 0) is 6.42 Å². The van der Waals surface area contributed by atoms with Gasteiger partial charge in [-0.2, -0.15) is 5.10 Å². The molecule has 1 unspecified atom stereocenters. The largest absolute Gasteiger partial charge is 0.335 e. The number of carbonyl (C=O) groups is 1. The third kappa shape index (κ3) is 5.37. The summed E-state index contributed by atoms with van der Waals surface area (Å²) in [5.74, 6) is 0.0215. The monoisotopic (exact) mass is 465 g/mol. The Bertz CT molecular complexity index is 1220. The summed E-state index contributed by atoms with van der Waals surface area (Å²) in [6, 6.07) is 30.6. The van der Waals surface area contributed by atoms with Gasteiger partial charge in [0, 0.05) is 12.6 Å². The van der Waals surface area contributed by atoms with Gasteiger partial charge in [0.05, 0.1) is 23.0 Å². The Balaban J connectivity index is 1.82. The van der Waals surface area contributed by atoms with Gasteiger partial charge < -0.3 is 4.90 Å². The van der Waals surface area contributed by atoms with Gasteiger partial charge in [0.25, 0.3) is 5.91 Å². The second kappa shape index (κ2) is 11.7. The fourth-order valence-corrected chi connectivity index (χ4v) is 4.75. The second-order valence-electron chi connectivity index (χ2n) is 8.98. The summed E-state index contributed by atoms with van der Waals surface area (Å²) in [4.78, 5) is 16.2. The Labute approximate surface area is 209 Å². The van der Waals surface area contributed by atoms with Crippen molar-refractivity contribution < 1.29 is 4.79 Å². The fourth-order valence-electron chi connectivity index (χ4n) is 4.75. The highest BCUT2D eigenvalue weighted by atomic mass is 16.2. The number of rotatable bonds is 10. The first-order valence-corrected chi connectivity index (χ1v) is 12.7. The summed E-state index contributed by atoms with van der Waals surface area (Å²) in [5.41, 5.74) is 5.47. The number of hydrogen-bond donors (Lipinski definition) is 0. The predicted octanol–water partition coefficient (Wildman–Crippen LogP) is 7.50. The number of nitrogens with zero attached hydrogens (tertiary/aromatic N) is 3. The van der Waals surface area contributed by atoms with Crippen LogP contribution in [-0.4, -0.2) is 27.6 Å². The van der Waals surface area contributed by atoms with Gasteiger partial charge >= 0.3 is 0 Å². The van der Waals surface area contributed by atoms with E-state index in [1.807, 2.05) is 83.4 Å². The molecule has 0 bridgehead atoms. The summed E-state index contributed by atoms with van der Waals surface area (Å²) in [6.07, 6.45) is 5.04. The van der Waals surface area contributed by atoms with Gasteiger partial charge in [0.15, 0.2) is 0 Å². The van der Waals surface area contributed by atoms with Crippen LogP contribution in [0.15, 0.2) is 91.0 Å². The molecule has 4 nitrogen and oxygen atoms in total. The van der Waals surface area contributed by atoms with E-state index < -0.39 is 0 Å². The van der Waals surface area contributed by atoms with Crippen molar-refractivity contribution in [1.82, 2.24) is 14.7 Å².